The maximum absolute atomic E-state index is 11.2. The van der Waals surface area contributed by atoms with E-state index in [2.05, 4.69) is 10.4 Å². The lowest BCUT2D eigenvalue weighted by Crippen LogP contribution is -2.05. The molecule has 2 aromatic carbocycles. The van der Waals surface area contributed by atoms with Gasteiger partial charge in [-0.1, -0.05) is 12.1 Å². The molecule has 0 atom stereocenters. The maximum atomic E-state index is 11.2. The smallest absolute Gasteiger partial charge is 0.292 e. The van der Waals surface area contributed by atoms with Crippen molar-refractivity contribution in [2.45, 2.75) is 13.5 Å². The summed E-state index contributed by atoms with van der Waals surface area (Å²) in [6.45, 7) is 2.24. The number of nitrogens with zero attached hydrogens (tertiary/aromatic N) is 3. The Labute approximate surface area is 145 Å². The van der Waals surface area contributed by atoms with E-state index in [1.165, 1.54) is 6.07 Å². The Kier molecular flexibility index (Phi) is 4.65. The van der Waals surface area contributed by atoms with Crippen LogP contribution in [0.1, 0.15) is 11.3 Å². The Balaban J connectivity index is 1.75. The first kappa shape index (κ1) is 16.5. The number of hydrogen-bond donors (Lipinski definition) is 1. The molecule has 1 N–H and O–H groups in total. The summed E-state index contributed by atoms with van der Waals surface area (Å²) in [6, 6.07) is 14.4. The minimum Gasteiger partial charge on any atom is -0.497 e. The van der Waals surface area contributed by atoms with Gasteiger partial charge in [-0.05, 0) is 42.8 Å². The Morgan fingerprint density at radius 1 is 1.20 bits per heavy atom. The van der Waals surface area contributed by atoms with E-state index >= 15 is 0 Å². The standard InChI is InChI=1S/C18H18N4O3/c1-13-4-3-5-17(22(23)24)18(13)19-12-14-10-11-21(20-14)15-6-8-16(25-2)9-7-15/h3-11,19H,12H2,1-2H3. The molecule has 1 aromatic heterocycles. The van der Waals surface area contributed by atoms with Crippen molar-refractivity contribution in [1.29, 1.82) is 0 Å². The Morgan fingerprint density at radius 2 is 1.96 bits per heavy atom. The van der Waals surface area contributed by atoms with Gasteiger partial charge in [0.2, 0.25) is 0 Å². The fourth-order valence-corrected chi connectivity index (χ4v) is 2.55. The minimum atomic E-state index is -0.384. The highest BCUT2D eigenvalue weighted by molar-refractivity contribution is 5.65. The zero-order valence-electron chi connectivity index (χ0n) is 14.0. The van der Waals surface area contributed by atoms with Crippen LogP contribution in [0.2, 0.25) is 0 Å². The molecule has 7 nitrogen and oxygen atoms in total. The van der Waals surface area contributed by atoms with Gasteiger partial charge in [0.25, 0.3) is 5.69 Å². The molecule has 1 heterocycles. The minimum absolute atomic E-state index is 0.0644. The van der Waals surface area contributed by atoms with Crippen LogP contribution >= 0.6 is 0 Å². The first-order chi connectivity index (χ1) is 12.1. The topological polar surface area (TPSA) is 82.2 Å². The molecular weight excluding hydrogens is 320 g/mol. The van der Waals surface area contributed by atoms with Crippen LogP contribution in [0.4, 0.5) is 11.4 Å². The molecule has 0 saturated heterocycles. The number of para-hydroxylation sites is 1. The summed E-state index contributed by atoms with van der Waals surface area (Å²) in [7, 11) is 1.62. The molecule has 3 rings (SSSR count). The van der Waals surface area contributed by atoms with Gasteiger partial charge in [0, 0.05) is 12.3 Å². The van der Waals surface area contributed by atoms with Crippen LogP contribution in [0.15, 0.2) is 54.7 Å². The first-order valence-electron chi connectivity index (χ1n) is 7.75. The lowest BCUT2D eigenvalue weighted by atomic mass is 10.1. The van der Waals surface area contributed by atoms with Gasteiger partial charge in [0.05, 0.1) is 30.0 Å². The molecule has 0 spiro atoms. The predicted octanol–water partition coefficient (Wildman–Crippen LogP) is 3.71. The van der Waals surface area contributed by atoms with E-state index in [1.807, 2.05) is 49.5 Å². The lowest BCUT2D eigenvalue weighted by molar-refractivity contribution is -0.384. The summed E-state index contributed by atoms with van der Waals surface area (Å²) in [5.41, 5.74) is 3.10. The van der Waals surface area contributed by atoms with Crippen LogP contribution in [0.5, 0.6) is 5.75 Å². The zero-order valence-corrected chi connectivity index (χ0v) is 14.0. The van der Waals surface area contributed by atoms with E-state index in [1.54, 1.807) is 17.9 Å². The second-order valence-electron chi connectivity index (χ2n) is 5.53. The monoisotopic (exact) mass is 338 g/mol. The van der Waals surface area contributed by atoms with Crippen molar-refractivity contribution in [1.82, 2.24) is 9.78 Å². The molecule has 0 aliphatic rings. The highest BCUT2D eigenvalue weighted by Crippen LogP contribution is 2.28. The Morgan fingerprint density at radius 3 is 2.64 bits per heavy atom. The fourth-order valence-electron chi connectivity index (χ4n) is 2.55. The van der Waals surface area contributed by atoms with E-state index < -0.39 is 0 Å². The van der Waals surface area contributed by atoms with Gasteiger partial charge in [-0.15, -0.1) is 0 Å². The van der Waals surface area contributed by atoms with E-state index in [9.17, 15) is 10.1 Å². The summed E-state index contributed by atoms with van der Waals surface area (Å²) >= 11 is 0. The van der Waals surface area contributed by atoms with E-state index in [-0.39, 0.29) is 10.6 Å². The predicted molar refractivity (Wildman–Crippen MR) is 95.3 cm³/mol. The molecule has 0 aliphatic carbocycles. The molecule has 7 heteroatoms. The third kappa shape index (κ3) is 3.60. The van der Waals surface area contributed by atoms with Crippen LogP contribution in [0.3, 0.4) is 0 Å². The SMILES string of the molecule is COc1ccc(-n2ccc(CNc3c(C)cccc3[N+](=O)[O-])n2)cc1. The molecule has 0 bridgehead atoms. The first-order valence-corrected chi connectivity index (χ1v) is 7.75. The van der Waals surface area contributed by atoms with Gasteiger partial charge in [-0.25, -0.2) is 4.68 Å². The van der Waals surface area contributed by atoms with E-state index in [0.717, 1.165) is 22.7 Å². The zero-order chi connectivity index (χ0) is 17.8. The van der Waals surface area contributed by atoms with Crippen LogP contribution in [0, 0.1) is 17.0 Å². The molecule has 25 heavy (non-hydrogen) atoms. The summed E-state index contributed by atoms with van der Waals surface area (Å²) < 4.78 is 6.90. The number of benzene rings is 2. The third-order valence-electron chi connectivity index (χ3n) is 3.88. The molecule has 0 fully saturated rings. The van der Waals surface area contributed by atoms with Crippen molar-refractivity contribution >= 4 is 11.4 Å². The number of aromatic nitrogens is 2. The van der Waals surface area contributed by atoms with Crippen LogP contribution in [-0.2, 0) is 6.54 Å². The molecule has 0 radical (unpaired) electrons. The molecule has 3 aromatic rings. The quantitative estimate of drug-likeness (QED) is 0.547. The number of anilines is 1. The Hall–Kier alpha value is -3.35. The summed E-state index contributed by atoms with van der Waals surface area (Å²) in [5, 5.41) is 18.8. The van der Waals surface area contributed by atoms with Crippen LogP contribution < -0.4 is 10.1 Å². The molecule has 0 saturated carbocycles. The number of aryl methyl sites for hydroxylation is 1. The largest absolute Gasteiger partial charge is 0.497 e. The van der Waals surface area contributed by atoms with Crippen LogP contribution in [0.25, 0.3) is 5.69 Å². The highest BCUT2D eigenvalue weighted by atomic mass is 16.6. The second kappa shape index (κ2) is 7.04. The van der Waals surface area contributed by atoms with Gasteiger partial charge in [0.15, 0.2) is 0 Å². The average molecular weight is 338 g/mol. The number of nitro benzene ring substituents is 1. The van der Waals surface area contributed by atoms with Gasteiger partial charge in [-0.2, -0.15) is 5.10 Å². The van der Waals surface area contributed by atoms with Crippen molar-refractivity contribution in [3.05, 3.63) is 76.1 Å². The lowest BCUT2D eigenvalue weighted by Gasteiger charge is -2.08. The molecule has 0 unspecified atom stereocenters. The van der Waals surface area contributed by atoms with Gasteiger partial charge < -0.3 is 10.1 Å². The van der Waals surface area contributed by atoms with Crippen molar-refractivity contribution in [3.63, 3.8) is 0 Å². The summed E-state index contributed by atoms with van der Waals surface area (Å²) in [6.07, 6.45) is 1.85. The second-order valence-corrected chi connectivity index (χ2v) is 5.53. The molecular formula is C18H18N4O3. The number of rotatable bonds is 6. The van der Waals surface area contributed by atoms with Crippen molar-refractivity contribution in [2.24, 2.45) is 0 Å². The Bertz CT molecular complexity index is 888. The number of hydrogen-bond acceptors (Lipinski definition) is 5. The summed E-state index contributed by atoms with van der Waals surface area (Å²) in [4.78, 5) is 10.8. The normalized spacial score (nSPS) is 10.5. The van der Waals surface area contributed by atoms with Crippen molar-refractivity contribution < 1.29 is 9.66 Å². The summed E-state index contributed by atoms with van der Waals surface area (Å²) in [5.74, 6) is 0.782. The third-order valence-corrected chi connectivity index (χ3v) is 3.88. The fraction of sp³-hybridized carbons (Fsp3) is 0.167. The van der Waals surface area contributed by atoms with Gasteiger partial charge in [-0.3, -0.25) is 10.1 Å². The maximum Gasteiger partial charge on any atom is 0.292 e. The number of methoxy groups -OCH3 is 1. The molecule has 0 aliphatic heterocycles. The van der Waals surface area contributed by atoms with Crippen molar-refractivity contribution in [3.8, 4) is 11.4 Å². The number of nitrogens with one attached hydrogen (secondary N) is 1. The number of nitro groups is 1. The van der Waals surface area contributed by atoms with E-state index in [0.29, 0.717) is 12.2 Å². The molecule has 128 valence electrons. The number of ether oxygens (including phenoxy) is 1. The van der Waals surface area contributed by atoms with Crippen LogP contribution in [-0.4, -0.2) is 21.8 Å². The molecule has 0 amide bonds. The van der Waals surface area contributed by atoms with Crippen molar-refractivity contribution in [2.75, 3.05) is 12.4 Å². The highest BCUT2D eigenvalue weighted by Gasteiger charge is 2.15. The van der Waals surface area contributed by atoms with Gasteiger partial charge in [0.1, 0.15) is 11.4 Å². The van der Waals surface area contributed by atoms with E-state index in [4.69, 9.17) is 4.74 Å². The van der Waals surface area contributed by atoms with Gasteiger partial charge >= 0.3 is 0 Å². The average Bonchev–Trinajstić information content (AvgIpc) is 3.09.